The second-order valence-corrected chi connectivity index (χ2v) is 6.56. The van der Waals surface area contributed by atoms with Crippen molar-refractivity contribution in [1.29, 1.82) is 0 Å². The molecule has 0 spiro atoms. The molecule has 1 N–H and O–H groups in total. The van der Waals surface area contributed by atoms with Gasteiger partial charge in [0.15, 0.2) is 0 Å². The summed E-state index contributed by atoms with van der Waals surface area (Å²) in [5, 5.41) is 0. The molecule has 23 heavy (non-hydrogen) atoms. The molecule has 3 rings (SSSR count). The number of rotatable bonds is 5. The molecule has 2 aromatic rings. The number of benzene rings is 2. The molecule has 1 aliphatic rings. The van der Waals surface area contributed by atoms with Crippen LogP contribution in [0.4, 0.5) is 14.5 Å². The highest BCUT2D eigenvalue weighted by Crippen LogP contribution is 2.28. The Morgan fingerprint density at radius 2 is 1.87 bits per heavy atom. The fourth-order valence-corrected chi connectivity index (χ4v) is 3.36. The summed E-state index contributed by atoms with van der Waals surface area (Å²) in [5.74, 6) is 0.648. The number of nitrogens with one attached hydrogen (secondary N) is 1. The Bertz CT molecular complexity index is 807. The lowest BCUT2D eigenvalue weighted by Gasteiger charge is -2.10. The Kier molecular flexibility index (Phi) is 4.08. The Morgan fingerprint density at radius 1 is 1.13 bits per heavy atom. The van der Waals surface area contributed by atoms with Gasteiger partial charge in [0.1, 0.15) is 11.5 Å². The van der Waals surface area contributed by atoms with Crippen LogP contribution in [0.3, 0.4) is 0 Å². The van der Waals surface area contributed by atoms with Gasteiger partial charge in [0, 0.05) is 12.1 Å². The lowest BCUT2D eigenvalue weighted by atomic mass is 10.2. The van der Waals surface area contributed by atoms with Crippen molar-refractivity contribution in [2.45, 2.75) is 17.9 Å². The molecule has 0 radical (unpaired) electrons. The SMILES string of the molecule is O=S(=O)(Nc1ccc(OC(F)F)cc1)c1ccc2c(c1)CCO2. The summed E-state index contributed by atoms with van der Waals surface area (Å²) >= 11 is 0. The van der Waals surface area contributed by atoms with E-state index in [4.69, 9.17) is 4.74 Å². The van der Waals surface area contributed by atoms with Gasteiger partial charge in [0.05, 0.1) is 11.5 Å². The minimum Gasteiger partial charge on any atom is -0.493 e. The molecule has 0 aliphatic carbocycles. The van der Waals surface area contributed by atoms with Gasteiger partial charge in [0.25, 0.3) is 10.0 Å². The molecule has 0 fully saturated rings. The molecule has 0 amide bonds. The topological polar surface area (TPSA) is 64.6 Å². The van der Waals surface area contributed by atoms with Gasteiger partial charge in [-0.3, -0.25) is 4.72 Å². The van der Waals surface area contributed by atoms with Gasteiger partial charge in [-0.2, -0.15) is 8.78 Å². The van der Waals surface area contributed by atoms with E-state index >= 15 is 0 Å². The number of ether oxygens (including phenoxy) is 2. The van der Waals surface area contributed by atoms with Crippen LogP contribution in [0.15, 0.2) is 47.4 Å². The molecule has 1 aliphatic heterocycles. The average Bonchev–Trinajstić information content (AvgIpc) is 2.96. The maximum absolute atomic E-state index is 12.4. The lowest BCUT2D eigenvalue weighted by molar-refractivity contribution is -0.0498. The number of alkyl halides is 2. The minimum atomic E-state index is -3.77. The van der Waals surface area contributed by atoms with E-state index in [-0.39, 0.29) is 16.3 Å². The van der Waals surface area contributed by atoms with Gasteiger partial charge >= 0.3 is 6.61 Å². The van der Waals surface area contributed by atoms with E-state index < -0.39 is 16.6 Å². The largest absolute Gasteiger partial charge is 0.493 e. The van der Waals surface area contributed by atoms with Crippen molar-refractivity contribution in [3.63, 3.8) is 0 Å². The molecule has 0 bridgehead atoms. The first-order valence-electron chi connectivity index (χ1n) is 6.77. The molecule has 0 saturated heterocycles. The second-order valence-electron chi connectivity index (χ2n) is 4.88. The predicted octanol–water partition coefficient (Wildman–Crippen LogP) is 3.02. The summed E-state index contributed by atoms with van der Waals surface area (Å²) in [6.45, 7) is -2.39. The van der Waals surface area contributed by atoms with Crippen molar-refractivity contribution in [2.24, 2.45) is 0 Å². The number of halogens is 2. The smallest absolute Gasteiger partial charge is 0.387 e. The van der Waals surface area contributed by atoms with E-state index in [0.717, 1.165) is 5.56 Å². The first-order chi connectivity index (χ1) is 10.9. The lowest BCUT2D eigenvalue weighted by Crippen LogP contribution is -2.13. The normalized spacial score (nSPS) is 13.5. The van der Waals surface area contributed by atoms with Gasteiger partial charge in [-0.1, -0.05) is 0 Å². The summed E-state index contributed by atoms with van der Waals surface area (Å²) in [4.78, 5) is 0.120. The standard InChI is InChI=1S/C15H13F2NO4S/c16-15(17)22-12-3-1-11(2-4-12)18-23(19,20)13-5-6-14-10(9-13)7-8-21-14/h1-6,9,15,18H,7-8H2. The summed E-state index contributed by atoms with van der Waals surface area (Å²) < 4.78 is 60.8. The fraction of sp³-hybridized carbons (Fsp3) is 0.200. The summed E-state index contributed by atoms with van der Waals surface area (Å²) in [6, 6.07) is 9.88. The van der Waals surface area contributed by atoms with Crippen LogP contribution < -0.4 is 14.2 Å². The van der Waals surface area contributed by atoms with E-state index in [9.17, 15) is 17.2 Å². The maximum atomic E-state index is 12.4. The first kappa shape index (κ1) is 15.5. The highest BCUT2D eigenvalue weighted by molar-refractivity contribution is 7.92. The van der Waals surface area contributed by atoms with Crippen molar-refractivity contribution in [1.82, 2.24) is 0 Å². The van der Waals surface area contributed by atoms with Crippen molar-refractivity contribution in [3.05, 3.63) is 48.0 Å². The molecule has 0 saturated carbocycles. The van der Waals surface area contributed by atoms with Gasteiger partial charge in [0.2, 0.25) is 0 Å². The third kappa shape index (κ3) is 3.53. The number of hydrogen-bond acceptors (Lipinski definition) is 4. The van der Waals surface area contributed by atoms with Gasteiger partial charge in [-0.25, -0.2) is 8.42 Å². The molecular formula is C15H13F2NO4S. The Morgan fingerprint density at radius 3 is 2.57 bits per heavy atom. The Hall–Kier alpha value is -2.35. The molecule has 0 aromatic heterocycles. The van der Waals surface area contributed by atoms with Crippen molar-refractivity contribution in [3.8, 4) is 11.5 Å². The van der Waals surface area contributed by atoms with Gasteiger partial charge < -0.3 is 9.47 Å². The first-order valence-corrected chi connectivity index (χ1v) is 8.26. The van der Waals surface area contributed by atoms with Crippen LogP contribution in [-0.2, 0) is 16.4 Å². The third-order valence-electron chi connectivity index (χ3n) is 3.30. The monoisotopic (exact) mass is 341 g/mol. The van der Waals surface area contributed by atoms with Crippen LogP contribution in [0, 0.1) is 0 Å². The highest BCUT2D eigenvalue weighted by atomic mass is 32.2. The predicted molar refractivity (Wildman–Crippen MR) is 79.5 cm³/mol. The highest BCUT2D eigenvalue weighted by Gasteiger charge is 2.19. The van der Waals surface area contributed by atoms with Crippen molar-refractivity contribution < 1.29 is 26.7 Å². The number of fused-ring (bicyclic) bond motifs is 1. The quantitative estimate of drug-likeness (QED) is 0.908. The van der Waals surface area contributed by atoms with Crippen LogP contribution >= 0.6 is 0 Å². The number of hydrogen-bond donors (Lipinski definition) is 1. The van der Waals surface area contributed by atoms with Gasteiger partial charge in [-0.15, -0.1) is 0 Å². The van der Waals surface area contributed by atoms with Crippen molar-refractivity contribution in [2.75, 3.05) is 11.3 Å². The zero-order valence-corrected chi connectivity index (χ0v) is 12.6. The van der Waals surface area contributed by atoms with E-state index in [1.807, 2.05) is 0 Å². The minimum absolute atomic E-state index is 0.0439. The van der Waals surface area contributed by atoms with E-state index in [2.05, 4.69) is 9.46 Å². The van der Waals surface area contributed by atoms with Crippen molar-refractivity contribution >= 4 is 15.7 Å². The fourth-order valence-electron chi connectivity index (χ4n) is 2.25. The Balaban J connectivity index is 1.78. The molecule has 1 heterocycles. The Labute approximate surface area is 131 Å². The summed E-state index contributed by atoms with van der Waals surface area (Å²) in [6.07, 6.45) is 0.665. The summed E-state index contributed by atoms with van der Waals surface area (Å²) in [5.41, 5.74) is 1.09. The van der Waals surface area contributed by atoms with Crippen LogP contribution in [0.1, 0.15) is 5.56 Å². The van der Waals surface area contributed by atoms with E-state index in [1.54, 1.807) is 12.1 Å². The number of sulfonamides is 1. The molecule has 0 atom stereocenters. The maximum Gasteiger partial charge on any atom is 0.387 e. The molecule has 8 heteroatoms. The zero-order valence-electron chi connectivity index (χ0n) is 11.8. The van der Waals surface area contributed by atoms with Crippen LogP contribution in [0.5, 0.6) is 11.5 Å². The zero-order chi connectivity index (χ0) is 16.4. The van der Waals surface area contributed by atoms with Gasteiger partial charge in [-0.05, 0) is 48.0 Å². The van der Waals surface area contributed by atoms with Crippen LogP contribution in [0.2, 0.25) is 0 Å². The average molecular weight is 341 g/mol. The molecule has 122 valence electrons. The molecule has 2 aromatic carbocycles. The number of anilines is 1. The van der Waals surface area contributed by atoms with E-state index in [0.29, 0.717) is 18.8 Å². The molecule has 5 nitrogen and oxygen atoms in total. The van der Waals surface area contributed by atoms with Crippen LogP contribution in [-0.4, -0.2) is 21.6 Å². The molecule has 0 unspecified atom stereocenters. The summed E-state index contributed by atoms with van der Waals surface area (Å²) in [7, 11) is -3.77. The second kappa shape index (κ2) is 6.04. The van der Waals surface area contributed by atoms with Crippen LogP contribution in [0.25, 0.3) is 0 Å². The van der Waals surface area contributed by atoms with E-state index in [1.165, 1.54) is 30.3 Å². The molecular weight excluding hydrogens is 328 g/mol. The third-order valence-corrected chi connectivity index (χ3v) is 4.68.